The third-order valence-corrected chi connectivity index (χ3v) is 2.63. The first-order valence-electron chi connectivity index (χ1n) is 6.54. The normalized spacial score (nSPS) is 13.5. The fourth-order valence-electron chi connectivity index (χ4n) is 1.67. The van der Waals surface area contributed by atoms with Gasteiger partial charge in [0.1, 0.15) is 6.10 Å². The molecule has 2 atom stereocenters. The maximum absolute atomic E-state index is 11.6. The summed E-state index contributed by atoms with van der Waals surface area (Å²) in [6, 6.07) is 9.66. The summed E-state index contributed by atoms with van der Waals surface area (Å²) in [6.45, 7) is 3.77. The van der Waals surface area contributed by atoms with Crippen LogP contribution in [-0.4, -0.2) is 29.3 Å². The molecule has 0 aliphatic rings. The number of hydrogen-bond acceptors (Lipinski definition) is 4. The van der Waals surface area contributed by atoms with Gasteiger partial charge in [-0.3, -0.25) is 9.59 Å². The van der Waals surface area contributed by atoms with Crippen LogP contribution in [0.4, 0.5) is 0 Å². The van der Waals surface area contributed by atoms with E-state index in [2.05, 4.69) is 0 Å². The van der Waals surface area contributed by atoms with Crippen LogP contribution in [0.25, 0.3) is 0 Å². The Labute approximate surface area is 118 Å². The molecule has 5 nitrogen and oxygen atoms in total. The Kier molecular flexibility index (Phi) is 6.73. The minimum absolute atomic E-state index is 0.108. The molecule has 1 aromatic rings. The molecule has 0 bridgehead atoms. The lowest BCUT2D eigenvalue weighted by molar-refractivity contribution is -0.154. The van der Waals surface area contributed by atoms with Crippen LogP contribution in [0.2, 0.25) is 0 Å². The van der Waals surface area contributed by atoms with Crippen LogP contribution in [0.15, 0.2) is 30.3 Å². The van der Waals surface area contributed by atoms with Crippen LogP contribution in [-0.2, 0) is 25.7 Å². The minimum atomic E-state index is -0.987. The molecule has 20 heavy (non-hydrogen) atoms. The minimum Gasteiger partial charge on any atom is -0.481 e. The number of aliphatic carboxylic acids is 1. The van der Waals surface area contributed by atoms with Crippen LogP contribution in [0.5, 0.6) is 0 Å². The lowest BCUT2D eigenvalue weighted by atomic mass is 10.2. The highest BCUT2D eigenvalue weighted by Crippen LogP contribution is 2.08. The molecule has 1 rings (SSSR count). The zero-order valence-electron chi connectivity index (χ0n) is 11.7. The number of benzene rings is 1. The molecular weight excluding hydrogens is 260 g/mol. The van der Waals surface area contributed by atoms with E-state index in [0.29, 0.717) is 6.61 Å². The average Bonchev–Trinajstić information content (AvgIpc) is 2.36. The second-order valence-corrected chi connectivity index (χ2v) is 4.71. The molecule has 0 saturated carbocycles. The highest BCUT2D eigenvalue weighted by atomic mass is 16.5. The van der Waals surface area contributed by atoms with Crippen molar-refractivity contribution in [1.29, 1.82) is 0 Å². The molecule has 1 N–H and O–H groups in total. The van der Waals surface area contributed by atoms with E-state index in [1.807, 2.05) is 30.3 Å². The van der Waals surface area contributed by atoms with Gasteiger partial charge >= 0.3 is 11.9 Å². The zero-order valence-corrected chi connectivity index (χ0v) is 11.7. The topological polar surface area (TPSA) is 72.8 Å². The smallest absolute Gasteiger partial charge is 0.308 e. The number of ether oxygens (including phenoxy) is 2. The van der Waals surface area contributed by atoms with E-state index in [0.717, 1.165) is 5.56 Å². The summed E-state index contributed by atoms with van der Waals surface area (Å²) in [6.07, 6.45) is -0.983. The Morgan fingerprint density at radius 3 is 2.35 bits per heavy atom. The van der Waals surface area contributed by atoms with Crippen LogP contribution >= 0.6 is 0 Å². The fraction of sp³-hybridized carbons (Fsp3) is 0.467. The summed E-state index contributed by atoms with van der Waals surface area (Å²) < 4.78 is 10.5. The fourth-order valence-corrected chi connectivity index (χ4v) is 1.67. The van der Waals surface area contributed by atoms with E-state index in [9.17, 15) is 9.59 Å². The third kappa shape index (κ3) is 6.89. The molecule has 0 aromatic heterocycles. The molecule has 0 unspecified atom stereocenters. The van der Waals surface area contributed by atoms with Crippen molar-refractivity contribution >= 4 is 11.9 Å². The number of carboxylic acids is 1. The summed E-state index contributed by atoms with van der Waals surface area (Å²) in [5, 5.41) is 8.57. The lowest BCUT2D eigenvalue weighted by Crippen LogP contribution is -2.22. The Morgan fingerprint density at radius 2 is 1.75 bits per heavy atom. The van der Waals surface area contributed by atoms with E-state index in [4.69, 9.17) is 14.6 Å². The van der Waals surface area contributed by atoms with Gasteiger partial charge in [-0.25, -0.2) is 0 Å². The van der Waals surface area contributed by atoms with E-state index in [1.165, 1.54) is 0 Å². The summed E-state index contributed by atoms with van der Waals surface area (Å²) in [7, 11) is 0. The number of carbonyl (C=O) groups is 2. The average molecular weight is 280 g/mol. The maximum Gasteiger partial charge on any atom is 0.308 e. The molecule has 5 heteroatoms. The van der Waals surface area contributed by atoms with Crippen molar-refractivity contribution in [3.05, 3.63) is 35.9 Å². The quantitative estimate of drug-likeness (QED) is 0.740. The van der Waals surface area contributed by atoms with Crippen molar-refractivity contribution in [2.75, 3.05) is 0 Å². The summed E-state index contributed by atoms with van der Waals surface area (Å²) >= 11 is 0. The monoisotopic (exact) mass is 280 g/mol. The first-order valence-corrected chi connectivity index (χ1v) is 6.54. The van der Waals surface area contributed by atoms with Crippen molar-refractivity contribution in [2.45, 2.75) is 45.5 Å². The number of esters is 1. The van der Waals surface area contributed by atoms with Gasteiger partial charge in [-0.2, -0.15) is 0 Å². The van der Waals surface area contributed by atoms with E-state index >= 15 is 0 Å². The molecule has 0 aliphatic heterocycles. The van der Waals surface area contributed by atoms with Gasteiger partial charge in [0, 0.05) is 0 Å². The van der Waals surface area contributed by atoms with Gasteiger partial charge in [0.15, 0.2) is 0 Å². The summed E-state index contributed by atoms with van der Waals surface area (Å²) in [5.41, 5.74) is 1.03. The number of rotatable bonds is 8. The lowest BCUT2D eigenvalue weighted by Gasteiger charge is -2.15. The van der Waals surface area contributed by atoms with Crippen LogP contribution < -0.4 is 0 Å². The van der Waals surface area contributed by atoms with E-state index in [1.54, 1.807) is 13.8 Å². The molecule has 0 saturated heterocycles. The van der Waals surface area contributed by atoms with E-state index < -0.39 is 18.0 Å². The molecule has 0 radical (unpaired) electrons. The second kappa shape index (κ2) is 8.32. The predicted molar refractivity (Wildman–Crippen MR) is 73.1 cm³/mol. The highest BCUT2D eigenvalue weighted by molar-refractivity contribution is 5.71. The molecule has 0 amide bonds. The first kappa shape index (κ1) is 16.2. The van der Waals surface area contributed by atoms with Crippen LogP contribution in [0.1, 0.15) is 32.3 Å². The second-order valence-electron chi connectivity index (χ2n) is 4.71. The number of hydrogen-bond donors (Lipinski definition) is 1. The molecule has 0 aliphatic carbocycles. The SMILES string of the molecule is C[C@@H](CC(=O)O[C@@H](C)CC(=O)O)OCc1ccccc1. The highest BCUT2D eigenvalue weighted by Gasteiger charge is 2.16. The third-order valence-electron chi connectivity index (χ3n) is 2.63. The summed E-state index contributed by atoms with van der Waals surface area (Å²) in [4.78, 5) is 22.0. The Bertz CT molecular complexity index is 429. The molecule has 110 valence electrons. The summed E-state index contributed by atoms with van der Waals surface area (Å²) in [5.74, 6) is -1.43. The number of carboxylic acid groups (broad SMARTS) is 1. The van der Waals surface area contributed by atoms with Crippen molar-refractivity contribution in [2.24, 2.45) is 0 Å². The van der Waals surface area contributed by atoms with E-state index in [-0.39, 0.29) is 18.9 Å². The largest absolute Gasteiger partial charge is 0.481 e. The van der Waals surface area contributed by atoms with Crippen molar-refractivity contribution in [3.8, 4) is 0 Å². The van der Waals surface area contributed by atoms with Gasteiger partial charge in [0.25, 0.3) is 0 Å². The zero-order chi connectivity index (χ0) is 15.0. The van der Waals surface area contributed by atoms with Gasteiger partial charge in [-0.05, 0) is 19.4 Å². The van der Waals surface area contributed by atoms with Crippen molar-refractivity contribution in [3.63, 3.8) is 0 Å². The molecular formula is C15H20O5. The molecule has 1 aromatic carbocycles. The van der Waals surface area contributed by atoms with Gasteiger partial charge in [-0.1, -0.05) is 30.3 Å². The first-order chi connectivity index (χ1) is 9.47. The van der Waals surface area contributed by atoms with Gasteiger partial charge in [-0.15, -0.1) is 0 Å². The molecule has 0 heterocycles. The van der Waals surface area contributed by atoms with Crippen molar-refractivity contribution < 1.29 is 24.2 Å². The molecule has 0 spiro atoms. The molecule has 0 fully saturated rings. The Morgan fingerprint density at radius 1 is 1.10 bits per heavy atom. The predicted octanol–water partition coefficient (Wildman–Crippen LogP) is 2.39. The van der Waals surface area contributed by atoms with Crippen molar-refractivity contribution in [1.82, 2.24) is 0 Å². The maximum atomic E-state index is 11.6. The van der Waals surface area contributed by atoms with Gasteiger partial charge in [0.2, 0.25) is 0 Å². The Balaban J connectivity index is 2.26. The van der Waals surface area contributed by atoms with Gasteiger partial charge in [0.05, 0.1) is 25.6 Å². The van der Waals surface area contributed by atoms with Crippen LogP contribution in [0.3, 0.4) is 0 Å². The van der Waals surface area contributed by atoms with Crippen LogP contribution in [0, 0.1) is 0 Å². The Hall–Kier alpha value is -1.88. The van der Waals surface area contributed by atoms with Gasteiger partial charge < -0.3 is 14.6 Å². The number of carbonyl (C=O) groups excluding carboxylic acids is 1. The standard InChI is InChI=1S/C15H20O5/c1-11(19-10-13-6-4-3-5-7-13)9-15(18)20-12(2)8-14(16)17/h3-7,11-12H,8-10H2,1-2H3,(H,16,17)/t11-,12-/m0/s1.